The average Bonchev–Trinajstić information content (AvgIpc) is 2.62. The molecular weight excluding hydrogens is 320 g/mol. The SMILES string of the molecule is Cc1ccc(C(=O)Nc2ccc(SCc3cccnc3)nn2)cc1. The number of hydrogen-bond acceptors (Lipinski definition) is 5. The van der Waals surface area contributed by atoms with Crippen LogP contribution in [0.5, 0.6) is 0 Å². The number of thioether (sulfide) groups is 1. The topological polar surface area (TPSA) is 67.8 Å². The number of benzene rings is 1. The second-order valence-electron chi connectivity index (χ2n) is 5.23. The molecule has 6 heteroatoms. The number of aromatic nitrogens is 3. The van der Waals surface area contributed by atoms with Gasteiger partial charge in [-0.15, -0.1) is 10.2 Å². The molecule has 0 saturated carbocycles. The summed E-state index contributed by atoms with van der Waals surface area (Å²) < 4.78 is 0. The fourth-order valence-corrected chi connectivity index (χ4v) is 2.75. The quantitative estimate of drug-likeness (QED) is 0.719. The van der Waals surface area contributed by atoms with E-state index in [0.717, 1.165) is 21.9 Å². The molecule has 0 aliphatic heterocycles. The van der Waals surface area contributed by atoms with Gasteiger partial charge < -0.3 is 5.32 Å². The van der Waals surface area contributed by atoms with Crippen molar-refractivity contribution in [3.8, 4) is 0 Å². The first-order chi connectivity index (χ1) is 11.7. The van der Waals surface area contributed by atoms with Crippen molar-refractivity contribution in [2.75, 3.05) is 5.32 Å². The number of carbonyl (C=O) groups excluding carboxylic acids is 1. The third-order valence-electron chi connectivity index (χ3n) is 3.30. The van der Waals surface area contributed by atoms with Crippen molar-refractivity contribution < 1.29 is 4.79 Å². The highest BCUT2D eigenvalue weighted by Crippen LogP contribution is 2.20. The zero-order valence-electron chi connectivity index (χ0n) is 13.1. The predicted octanol–water partition coefficient (Wildman–Crippen LogP) is 3.72. The Kier molecular flexibility index (Phi) is 5.18. The normalized spacial score (nSPS) is 10.4. The van der Waals surface area contributed by atoms with Gasteiger partial charge in [0.25, 0.3) is 5.91 Å². The first kappa shape index (κ1) is 16.1. The van der Waals surface area contributed by atoms with Crippen molar-refractivity contribution >= 4 is 23.5 Å². The fourth-order valence-electron chi connectivity index (χ4n) is 2.00. The van der Waals surface area contributed by atoms with Crippen LogP contribution in [0, 0.1) is 6.92 Å². The maximum Gasteiger partial charge on any atom is 0.256 e. The van der Waals surface area contributed by atoms with E-state index in [1.54, 1.807) is 36.2 Å². The first-order valence-electron chi connectivity index (χ1n) is 7.44. The Morgan fingerprint density at radius 1 is 1.08 bits per heavy atom. The Labute approximate surface area is 144 Å². The molecule has 5 nitrogen and oxygen atoms in total. The van der Waals surface area contributed by atoms with Gasteiger partial charge >= 0.3 is 0 Å². The van der Waals surface area contributed by atoms with Crippen LogP contribution in [0.4, 0.5) is 5.82 Å². The van der Waals surface area contributed by atoms with E-state index in [1.807, 2.05) is 43.5 Å². The lowest BCUT2D eigenvalue weighted by molar-refractivity contribution is 0.102. The molecule has 0 saturated heterocycles. The molecule has 1 amide bonds. The molecule has 2 aromatic heterocycles. The van der Waals surface area contributed by atoms with Gasteiger partial charge in [0.05, 0.1) is 0 Å². The Morgan fingerprint density at radius 2 is 1.92 bits per heavy atom. The molecule has 0 radical (unpaired) electrons. The van der Waals surface area contributed by atoms with Crippen LogP contribution in [0.2, 0.25) is 0 Å². The van der Waals surface area contributed by atoms with Crippen molar-refractivity contribution in [3.63, 3.8) is 0 Å². The summed E-state index contributed by atoms with van der Waals surface area (Å²) >= 11 is 1.57. The zero-order valence-corrected chi connectivity index (χ0v) is 14.0. The molecule has 1 aromatic carbocycles. The summed E-state index contributed by atoms with van der Waals surface area (Å²) in [6.45, 7) is 1.98. The number of aryl methyl sites for hydroxylation is 1. The van der Waals surface area contributed by atoms with Gasteiger partial charge in [0.15, 0.2) is 5.82 Å². The third-order valence-corrected chi connectivity index (χ3v) is 4.30. The number of amides is 1. The first-order valence-corrected chi connectivity index (χ1v) is 8.43. The minimum atomic E-state index is -0.194. The Hall–Kier alpha value is -2.73. The van der Waals surface area contributed by atoms with E-state index >= 15 is 0 Å². The number of rotatable bonds is 5. The Balaban J connectivity index is 1.58. The maximum absolute atomic E-state index is 12.1. The largest absolute Gasteiger partial charge is 0.305 e. The highest BCUT2D eigenvalue weighted by atomic mass is 32.2. The summed E-state index contributed by atoms with van der Waals surface area (Å²) in [5, 5.41) is 11.7. The lowest BCUT2D eigenvalue weighted by Crippen LogP contribution is -2.13. The average molecular weight is 336 g/mol. The molecule has 24 heavy (non-hydrogen) atoms. The maximum atomic E-state index is 12.1. The van der Waals surface area contributed by atoms with E-state index < -0.39 is 0 Å². The number of carbonyl (C=O) groups is 1. The van der Waals surface area contributed by atoms with Gasteiger partial charge in [0.2, 0.25) is 0 Å². The van der Waals surface area contributed by atoms with Crippen LogP contribution < -0.4 is 5.32 Å². The highest BCUT2D eigenvalue weighted by Gasteiger charge is 2.07. The van der Waals surface area contributed by atoms with Crippen molar-refractivity contribution in [3.05, 3.63) is 77.6 Å². The number of pyridine rings is 1. The van der Waals surface area contributed by atoms with Gasteiger partial charge in [-0.05, 0) is 42.8 Å². The molecule has 0 aliphatic rings. The molecule has 120 valence electrons. The lowest BCUT2D eigenvalue weighted by Gasteiger charge is -2.05. The van der Waals surface area contributed by atoms with E-state index in [1.165, 1.54) is 0 Å². The number of nitrogens with zero attached hydrogens (tertiary/aromatic N) is 3. The van der Waals surface area contributed by atoms with Crippen LogP contribution >= 0.6 is 11.8 Å². The monoisotopic (exact) mass is 336 g/mol. The molecule has 1 N–H and O–H groups in total. The Morgan fingerprint density at radius 3 is 2.58 bits per heavy atom. The molecule has 0 aliphatic carbocycles. The van der Waals surface area contributed by atoms with E-state index in [4.69, 9.17) is 0 Å². The van der Waals surface area contributed by atoms with Crippen molar-refractivity contribution in [2.24, 2.45) is 0 Å². The van der Waals surface area contributed by atoms with Gasteiger partial charge in [0, 0.05) is 23.7 Å². The van der Waals surface area contributed by atoms with Crippen LogP contribution in [0.25, 0.3) is 0 Å². The highest BCUT2D eigenvalue weighted by molar-refractivity contribution is 7.98. The predicted molar refractivity (Wildman–Crippen MR) is 95.0 cm³/mol. The van der Waals surface area contributed by atoms with Gasteiger partial charge in [-0.3, -0.25) is 9.78 Å². The molecule has 0 spiro atoms. The summed E-state index contributed by atoms with van der Waals surface area (Å²) in [4.78, 5) is 16.2. The summed E-state index contributed by atoms with van der Waals surface area (Å²) in [5.41, 5.74) is 2.83. The zero-order chi connectivity index (χ0) is 16.8. The second kappa shape index (κ2) is 7.70. The van der Waals surface area contributed by atoms with Crippen molar-refractivity contribution in [1.29, 1.82) is 0 Å². The van der Waals surface area contributed by atoms with Gasteiger partial charge in [-0.1, -0.05) is 35.5 Å². The standard InChI is InChI=1S/C18H16N4OS/c1-13-4-6-15(7-5-13)18(23)20-16-8-9-17(22-21-16)24-12-14-3-2-10-19-11-14/h2-11H,12H2,1H3,(H,20,21,23). The minimum absolute atomic E-state index is 0.194. The summed E-state index contributed by atoms with van der Waals surface area (Å²) in [5.74, 6) is 1.02. The van der Waals surface area contributed by atoms with E-state index in [2.05, 4.69) is 20.5 Å². The van der Waals surface area contributed by atoms with E-state index in [9.17, 15) is 4.79 Å². The van der Waals surface area contributed by atoms with Gasteiger partial charge in [-0.25, -0.2) is 0 Å². The van der Waals surface area contributed by atoms with Crippen molar-refractivity contribution in [1.82, 2.24) is 15.2 Å². The summed E-state index contributed by atoms with van der Waals surface area (Å²) in [6.07, 6.45) is 3.58. The van der Waals surface area contributed by atoms with Crippen LogP contribution in [0.1, 0.15) is 21.5 Å². The summed E-state index contributed by atoms with van der Waals surface area (Å²) in [6, 6.07) is 14.9. The Bertz CT molecular complexity index is 805. The van der Waals surface area contributed by atoms with Crippen LogP contribution in [0.15, 0.2) is 66.0 Å². The van der Waals surface area contributed by atoms with Crippen LogP contribution in [0.3, 0.4) is 0 Å². The molecule has 0 atom stereocenters. The van der Waals surface area contributed by atoms with E-state index in [-0.39, 0.29) is 5.91 Å². The minimum Gasteiger partial charge on any atom is -0.305 e. The molecule has 2 heterocycles. The molecule has 0 fully saturated rings. The number of nitrogens with one attached hydrogen (secondary N) is 1. The van der Waals surface area contributed by atoms with Gasteiger partial charge in [-0.2, -0.15) is 0 Å². The van der Waals surface area contributed by atoms with Crippen LogP contribution in [-0.4, -0.2) is 21.1 Å². The number of hydrogen-bond donors (Lipinski definition) is 1. The molecule has 0 bridgehead atoms. The molecule has 3 aromatic rings. The van der Waals surface area contributed by atoms with Crippen molar-refractivity contribution in [2.45, 2.75) is 17.7 Å². The molecule has 0 unspecified atom stereocenters. The fraction of sp³-hybridized carbons (Fsp3) is 0.111. The molecular formula is C18H16N4OS. The third kappa shape index (κ3) is 4.39. The number of anilines is 1. The molecule has 3 rings (SSSR count). The van der Waals surface area contributed by atoms with Gasteiger partial charge in [0.1, 0.15) is 5.03 Å². The lowest BCUT2D eigenvalue weighted by atomic mass is 10.1. The second-order valence-corrected chi connectivity index (χ2v) is 6.22. The van der Waals surface area contributed by atoms with Crippen LogP contribution in [-0.2, 0) is 5.75 Å². The summed E-state index contributed by atoms with van der Waals surface area (Å²) in [7, 11) is 0. The van der Waals surface area contributed by atoms with E-state index in [0.29, 0.717) is 11.4 Å². The smallest absolute Gasteiger partial charge is 0.256 e.